The van der Waals surface area contributed by atoms with Crippen LogP contribution in [-0.2, 0) is 14.4 Å². The van der Waals surface area contributed by atoms with Crippen LogP contribution in [0.1, 0.15) is 100 Å². The highest BCUT2D eigenvalue weighted by molar-refractivity contribution is 6.26. The van der Waals surface area contributed by atoms with Gasteiger partial charge in [0.05, 0.1) is 11.1 Å². The van der Waals surface area contributed by atoms with Gasteiger partial charge in [-0.1, -0.05) is 95.0 Å². The Labute approximate surface area is 287 Å². The average molecular weight is 667 g/mol. The fraction of sp³-hybridized carbons (Fsp3) is 0.463. The van der Waals surface area contributed by atoms with Gasteiger partial charge < -0.3 is 20.4 Å². The van der Waals surface area contributed by atoms with Gasteiger partial charge in [0.1, 0.15) is 28.6 Å². The van der Waals surface area contributed by atoms with Crippen LogP contribution < -0.4 is 0 Å². The number of Topliss-reactive ketones (excluding diaryl/α,β-unsaturated/α-hetero) is 4. The van der Waals surface area contributed by atoms with Crippen molar-refractivity contribution in [2.75, 3.05) is 0 Å². The third kappa shape index (κ3) is 4.73. The summed E-state index contributed by atoms with van der Waals surface area (Å²) in [5, 5.41) is 48.3. The van der Waals surface area contributed by atoms with Crippen molar-refractivity contribution in [1.82, 2.24) is 0 Å². The summed E-state index contributed by atoms with van der Waals surface area (Å²) in [5.74, 6) is -7.45. The second-order valence-electron chi connectivity index (χ2n) is 15.3. The summed E-state index contributed by atoms with van der Waals surface area (Å²) >= 11 is 0. The van der Waals surface area contributed by atoms with Crippen molar-refractivity contribution in [1.29, 1.82) is 0 Å². The molecule has 0 spiro atoms. The van der Waals surface area contributed by atoms with Gasteiger partial charge in [0.25, 0.3) is 0 Å². The molecule has 2 aromatic carbocycles. The van der Waals surface area contributed by atoms with Gasteiger partial charge in [-0.25, -0.2) is 0 Å². The monoisotopic (exact) mass is 666 g/mol. The maximum atomic E-state index is 14.7. The molecular formula is C41H46O8. The summed E-state index contributed by atoms with van der Waals surface area (Å²) in [5.41, 5.74) is -4.48. The van der Waals surface area contributed by atoms with Gasteiger partial charge in [0.2, 0.25) is 5.78 Å². The second kappa shape index (κ2) is 11.9. The van der Waals surface area contributed by atoms with Crippen LogP contribution in [0, 0.1) is 41.4 Å². The molecule has 2 aromatic rings. The molecule has 0 bridgehead atoms. The van der Waals surface area contributed by atoms with Crippen LogP contribution in [0.5, 0.6) is 5.75 Å². The van der Waals surface area contributed by atoms with E-state index < -0.39 is 68.6 Å². The Morgan fingerprint density at radius 2 is 1.59 bits per heavy atom. The number of carbonyl (C=O) groups excluding carboxylic acids is 4. The molecule has 4 aliphatic rings. The van der Waals surface area contributed by atoms with E-state index in [0.29, 0.717) is 24.0 Å². The lowest BCUT2D eigenvalue weighted by atomic mass is 9.38. The first-order chi connectivity index (χ1) is 23.0. The fourth-order valence-corrected chi connectivity index (χ4v) is 9.93. The Hall–Kier alpha value is -4.30. The normalized spacial score (nSPS) is 31.1. The van der Waals surface area contributed by atoms with E-state index in [0.717, 1.165) is 37.3 Å². The topological polar surface area (TPSA) is 149 Å². The molecule has 258 valence electrons. The summed E-state index contributed by atoms with van der Waals surface area (Å²) in [6, 6.07) is 12.4. The molecule has 6 rings (SSSR count). The lowest BCUT2D eigenvalue weighted by molar-refractivity contribution is -0.187. The molecule has 0 heterocycles. The highest BCUT2D eigenvalue weighted by atomic mass is 16.4. The SMILES string of the molecule is CC(=O)C1=C(O)C(C(C)C)[C@@]2(C)[C@H](CC(=O)C3CCCCC3)[C@]3(C)C(=C(O)[C@@]2(O)C1=O)C(=O)c1c(O)cccc1/C3=C\c1ccc(C)cc1. The Morgan fingerprint density at radius 1 is 0.959 bits per heavy atom. The number of fused-ring (bicyclic) bond motifs is 3. The molecule has 0 aromatic heterocycles. The maximum Gasteiger partial charge on any atom is 0.209 e. The molecule has 1 unspecified atom stereocenters. The predicted molar refractivity (Wildman–Crippen MR) is 186 cm³/mol. The minimum atomic E-state index is -2.85. The van der Waals surface area contributed by atoms with E-state index in [1.165, 1.54) is 6.07 Å². The summed E-state index contributed by atoms with van der Waals surface area (Å²) in [6.07, 6.45) is 5.92. The van der Waals surface area contributed by atoms with Crippen LogP contribution in [-0.4, -0.2) is 49.2 Å². The number of phenols is 1. The first-order valence-electron chi connectivity index (χ1n) is 17.4. The van der Waals surface area contributed by atoms with Crippen molar-refractivity contribution in [3.05, 3.63) is 87.4 Å². The lowest BCUT2D eigenvalue weighted by Crippen LogP contribution is -2.71. The van der Waals surface area contributed by atoms with Crippen LogP contribution in [0.3, 0.4) is 0 Å². The smallest absolute Gasteiger partial charge is 0.209 e. The molecule has 1 fully saturated rings. The van der Waals surface area contributed by atoms with E-state index in [4.69, 9.17) is 0 Å². The number of aliphatic hydroxyl groups is 3. The molecule has 0 radical (unpaired) electrons. The number of allylic oxidation sites excluding steroid dienone is 3. The number of phenolic OH excluding ortho intramolecular Hbond substituents is 1. The van der Waals surface area contributed by atoms with E-state index in [-0.39, 0.29) is 35.0 Å². The number of carbonyl (C=O) groups is 4. The molecule has 0 amide bonds. The Kier molecular flexibility index (Phi) is 8.42. The van der Waals surface area contributed by atoms with Crippen LogP contribution in [0.15, 0.2) is 65.1 Å². The second-order valence-corrected chi connectivity index (χ2v) is 15.3. The first kappa shape index (κ1) is 34.6. The van der Waals surface area contributed by atoms with Crippen LogP contribution in [0.2, 0.25) is 0 Å². The zero-order chi connectivity index (χ0) is 35.8. The maximum absolute atomic E-state index is 14.7. The molecule has 4 aliphatic carbocycles. The van der Waals surface area contributed by atoms with Crippen LogP contribution in [0.25, 0.3) is 11.6 Å². The van der Waals surface area contributed by atoms with Gasteiger partial charge in [-0.15, -0.1) is 0 Å². The number of aryl methyl sites for hydroxylation is 1. The quantitative estimate of drug-likeness (QED) is 0.233. The standard InChI is InChI=1S/C41H46O8/c1-21(2)33-35(45)31(23(4)42)37(47)41(49)38(48)34-36(46)32-26(13-10-14-28(32)43)27(19-24-17-15-22(3)16-18-24)39(34,5)30(40(33,41)6)20-29(44)25-11-8-7-9-12-25/h10,13-19,21,25,30,33,43,45,48-49H,7-9,11-12,20H2,1-6H3/b27-19+/t30-,33?,39-,40-,41+/m1/s1. The van der Waals surface area contributed by atoms with Crippen molar-refractivity contribution in [2.24, 2.45) is 34.5 Å². The zero-order valence-corrected chi connectivity index (χ0v) is 29.1. The number of ketones is 4. The molecule has 49 heavy (non-hydrogen) atoms. The largest absolute Gasteiger partial charge is 0.511 e. The van der Waals surface area contributed by atoms with Gasteiger partial charge in [-0.2, -0.15) is 0 Å². The summed E-state index contributed by atoms with van der Waals surface area (Å²) < 4.78 is 0. The molecule has 4 N–H and O–H groups in total. The van der Waals surface area contributed by atoms with E-state index in [1.807, 2.05) is 37.3 Å². The van der Waals surface area contributed by atoms with Crippen molar-refractivity contribution >= 4 is 34.8 Å². The minimum absolute atomic E-state index is 0.0742. The van der Waals surface area contributed by atoms with Crippen LogP contribution >= 0.6 is 0 Å². The van der Waals surface area contributed by atoms with E-state index >= 15 is 0 Å². The molecule has 0 aliphatic heterocycles. The molecule has 5 atom stereocenters. The number of rotatable bonds is 6. The zero-order valence-electron chi connectivity index (χ0n) is 29.1. The highest BCUT2D eigenvalue weighted by Crippen LogP contribution is 2.71. The van der Waals surface area contributed by atoms with E-state index in [1.54, 1.807) is 39.8 Å². The summed E-state index contributed by atoms with van der Waals surface area (Å²) in [7, 11) is 0. The minimum Gasteiger partial charge on any atom is -0.511 e. The number of aromatic hydroxyl groups is 1. The summed E-state index contributed by atoms with van der Waals surface area (Å²) in [4.78, 5) is 56.7. The third-order valence-electron chi connectivity index (χ3n) is 12.3. The lowest BCUT2D eigenvalue weighted by Gasteiger charge is -2.64. The molecule has 8 heteroatoms. The van der Waals surface area contributed by atoms with Gasteiger partial charge in [0, 0.05) is 29.1 Å². The first-order valence-corrected chi connectivity index (χ1v) is 17.4. The van der Waals surface area contributed by atoms with Crippen molar-refractivity contribution in [3.63, 3.8) is 0 Å². The van der Waals surface area contributed by atoms with Gasteiger partial charge in [0.15, 0.2) is 17.2 Å². The number of aliphatic hydroxyl groups excluding tert-OH is 2. The Bertz CT molecular complexity index is 1870. The Balaban J connectivity index is 1.77. The fourth-order valence-electron chi connectivity index (χ4n) is 9.93. The molecule has 1 saturated carbocycles. The van der Waals surface area contributed by atoms with Gasteiger partial charge in [-0.3, -0.25) is 19.2 Å². The number of benzene rings is 2. The average Bonchev–Trinajstić information content (AvgIpc) is 3.04. The highest BCUT2D eigenvalue weighted by Gasteiger charge is 2.75. The number of hydrogen-bond donors (Lipinski definition) is 4. The molecule has 8 nitrogen and oxygen atoms in total. The van der Waals surface area contributed by atoms with Gasteiger partial charge in [-0.05, 0) is 61.3 Å². The van der Waals surface area contributed by atoms with E-state index in [9.17, 15) is 39.6 Å². The molecule has 0 saturated heterocycles. The molecular weight excluding hydrogens is 620 g/mol. The van der Waals surface area contributed by atoms with E-state index in [2.05, 4.69) is 0 Å². The van der Waals surface area contributed by atoms with Crippen molar-refractivity contribution < 1.29 is 39.6 Å². The summed E-state index contributed by atoms with van der Waals surface area (Å²) in [6.45, 7) is 10.0. The predicted octanol–water partition coefficient (Wildman–Crippen LogP) is 7.42. The van der Waals surface area contributed by atoms with Crippen LogP contribution in [0.4, 0.5) is 0 Å². The number of hydrogen-bond acceptors (Lipinski definition) is 8. The van der Waals surface area contributed by atoms with Crippen molar-refractivity contribution in [3.8, 4) is 5.75 Å². The van der Waals surface area contributed by atoms with Gasteiger partial charge >= 0.3 is 0 Å². The Morgan fingerprint density at radius 3 is 2.18 bits per heavy atom. The van der Waals surface area contributed by atoms with Crippen molar-refractivity contribution in [2.45, 2.75) is 85.7 Å². The third-order valence-corrected chi connectivity index (χ3v) is 12.3.